The van der Waals surface area contributed by atoms with Gasteiger partial charge in [0.1, 0.15) is 0 Å². The van der Waals surface area contributed by atoms with Gasteiger partial charge in [-0.05, 0) is 39.5 Å². The van der Waals surface area contributed by atoms with Crippen LogP contribution in [-0.4, -0.2) is 31.1 Å². The molecule has 0 spiro atoms. The van der Waals surface area contributed by atoms with Gasteiger partial charge in [0.05, 0.1) is 13.2 Å². The minimum atomic E-state index is -0.618. The third kappa shape index (κ3) is 2.43. The van der Waals surface area contributed by atoms with Crippen molar-refractivity contribution in [3.63, 3.8) is 0 Å². The lowest BCUT2D eigenvalue weighted by molar-refractivity contribution is -0.266. The lowest BCUT2D eigenvalue weighted by Crippen LogP contribution is -2.46. The molecule has 2 rings (SSSR count). The smallest absolute Gasteiger partial charge is 0.335 e. The summed E-state index contributed by atoms with van der Waals surface area (Å²) in [6, 6.07) is 0. The average molecular weight is 268 g/mol. The second-order valence-corrected chi connectivity index (χ2v) is 5.49. The summed E-state index contributed by atoms with van der Waals surface area (Å²) in [5, 5.41) is 0. The first-order chi connectivity index (χ1) is 9.09. The van der Waals surface area contributed by atoms with Crippen LogP contribution in [0.25, 0.3) is 0 Å². The monoisotopic (exact) mass is 268 g/mol. The zero-order valence-electron chi connectivity index (χ0n) is 11.9. The van der Waals surface area contributed by atoms with E-state index >= 15 is 0 Å². The second-order valence-electron chi connectivity index (χ2n) is 5.49. The maximum absolute atomic E-state index is 11.8. The van der Waals surface area contributed by atoms with E-state index in [-0.39, 0.29) is 11.4 Å². The summed E-state index contributed by atoms with van der Waals surface area (Å²) in [5.41, 5.74) is -0.00446. The summed E-state index contributed by atoms with van der Waals surface area (Å²) >= 11 is 0. The molecular formula is C15H24O4. The van der Waals surface area contributed by atoms with Crippen LogP contribution in [0.4, 0.5) is 0 Å². The van der Waals surface area contributed by atoms with E-state index in [9.17, 15) is 4.79 Å². The maximum Gasteiger partial charge on any atom is 0.335 e. The summed E-state index contributed by atoms with van der Waals surface area (Å²) < 4.78 is 17.0. The Labute approximate surface area is 115 Å². The lowest BCUT2D eigenvalue weighted by Gasteiger charge is -2.39. The number of allylic oxidation sites excluding steroid dienone is 1. The highest BCUT2D eigenvalue weighted by Gasteiger charge is 2.60. The standard InChI is InChI=1S/C15H24O4/c1-4-7-14-8-6-9-15(14,18-11-10-14)19-12(3)13(16)17-5-2/h4,12H,1,5-11H2,2-3H3/t12-,14?,15?/m0/s1. The molecule has 0 radical (unpaired) electrons. The van der Waals surface area contributed by atoms with Crippen LogP contribution in [0, 0.1) is 5.41 Å². The molecule has 1 aliphatic heterocycles. The van der Waals surface area contributed by atoms with Crippen LogP contribution in [0.2, 0.25) is 0 Å². The van der Waals surface area contributed by atoms with Crippen LogP contribution in [0.1, 0.15) is 46.0 Å². The number of hydrogen-bond donors (Lipinski definition) is 0. The minimum absolute atomic E-state index is 0.00446. The summed E-state index contributed by atoms with van der Waals surface area (Å²) in [4.78, 5) is 11.8. The van der Waals surface area contributed by atoms with Crippen molar-refractivity contribution in [1.29, 1.82) is 0 Å². The van der Waals surface area contributed by atoms with E-state index in [1.165, 1.54) is 0 Å². The molecule has 2 unspecified atom stereocenters. The Morgan fingerprint density at radius 2 is 2.26 bits per heavy atom. The molecule has 2 fully saturated rings. The van der Waals surface area contributed by atoms with E-state index in [1.54, 1.807) is 13.8 Å². The van der Waals surface area contributed by atoms with E-state index in [0.29, 0.717) is 13.2 Å². The fraction of sp³-hybridized carbons (Fsp3) is 0.800. The van der Waals surface area contributed by atoms with Crippen molar-refractivity contribution >= 4 is 5.97 Å². The quantitative estimate of drug-likeness (QED) is 0.549. The van der Waals surface area contributed by atoms with Crippen LogP contribution in [0.3, 0.4) is 0 Å². The summed E-state index contributed by atoms with van der Waals surface area (Å²) in [6.07, 6.45) is 6.22. The predicted molar refractivity (Wildman–Crippen MR) is 71.6 cm³/mol. The molecule has 1 saturated carbocycles. The van der Waals surface area contributed by atoms with Crippen molar-refractivity contribution in [3.8, 4) is 0 Å². The fourth-order valence-electron chi connectivity index (χ4n) is 3.51. The highest BCUT2D eigenvalue weighted by molar-refractivity contribution is 5.74. The predicted octanol–water partition coefficient (Wildman–Crippen LogP) is 2.82. The van der Waals surface area contributed by atoms with Gasteiger partial charge in [0.2, 0.25) is 0 Å². The number of rotatable bonds is 6. The highest BCUT2D eigenvalue weighted by atomic mass is 16.7. The molecule has 2 aliphatic rings. The normalized spacial score (nSPS) is 34.8. The van der Waals surface area contributed by atoms with Crippen molar-refractivity contribution in [2.24, 2.45) is 5.41 Å². The molecular weight excluding hydrogens is 244 g/mol. The van der Waals surface area contributed by atoms with E-state index < -0.39 is 11.9 Å². The molecule has 19 heavy (non-hydrogen) atoms. The molecule has 108 valence electrons. The number of carbonyl (C=O) groups excluding carboxylic acids is 1. The molecule has 0 bridgehead atoms. The molecule has 0 amide bonds. The molecule has 0 aromatic heterocycles. The minimum Gasteiger partial charge on any atom is -0.464 e. The number of hydrogen-bond acceptors (Lipinski definition) is 4. The third-order valence-corrected chi connectivity index (χ3v) is 4.41. The largest absolute Gasteiger partial charge is 0.464 e. The first-order valence-corrected chi connectivity index (χ1v) is 7.18. The molecule has 1 saturated heterocycles. The van der Waals surface area contributed by atoms with Gasteiger partial charge in [0, 0.05) is 11.8 Å². The Morgan fingerprint density at radius 3 is 2.95 bits per heavy atom. The summed E-state index contributed by atoms with van der Waals surface area (Å²) in [7, 11) is 0. The Hall–Kier alpha value is -0.870. The Kier molecular flexibility index (Phi) is 4.31. The maximum atomic E-state index is 11.8. The molecule has 0 aromatic carbocycles. The van der Waals surface area contributed by atoms with Gasteiger partial charge < -0.3 is 14.2 Å². The molecule has 1 heterocycles. The van der Waals surface area contributed by atoms with Crippen LogP contribution in [0.15, 0.2) is 12.7 Å². The van der Waals surface area contributed by atoms with Crippen LogP contribution >= 0.6 is 0 Å². The van der Waals surface area contributed by atoms with Crippen molar-refractivity contribution in [1.82, 2.24) is 0 Å². The number of carbonyl (C=O) groups is 1. The zero-order valence-corrected chi connectivity index (χ0v) is 11.9. The first kappa shape index (κ1) is 14.5. The van der Waals surface area contributed by atoms with E-state index in [1.807, 2.05) is 6.08 Å². The van der Waals surface area contributed by atoms with Crippen LogP contribution in [-0.2, 0) is 19.0 Å². The van der Waals surface area contributed by atoms with Gasteiger partial charge in [0.25, 0.3) is 0 Å². The average Bonchev–Trinajstić information content (AvgIpc) is 2.84. The van der Waals surface area contributed by atoms with Gasteiger partial charge in [-0.15, -0.1) is 6.58 Å². The number of fused-ring (bicyclic) bond motifs is 1. The number of ether oxygens (including phenoxy) is 3. The van der Waals surface area contributed by atoms with E-state index in [4.69, 9.17) is 14.2 Å². The van der Waals surface area contributed by atoms with Crippen LogP contribution < -0.4 is 0 Å². The van der Waals surface area contributed by atoms with Gasteiger partial charge in [0.15, 0.2) is 11.9 Å². The first-order valence-electron chi connectivity index (χ1n) is 7.18. The Bertz CT molecular complexity index is 340. The van der Waals surface area contributed by atoms with Gasteiger partial charge in [-0.1, -0.05) is 6.08 Å². The van der Waals surface area contributed by atoms with Gasteiger partial charge in [-0.3, -0.25) is 0 Å². The van der Waals surface area contributed by atoms with Gasteiger partial charge in [-0.2, -0.15) is 0 Å². The Balaban J connectivity index is 2.12. The third-order valence-electron chi connectivity index (χ3n) is 4.41. The summed E-state index contributed by atoms with van der Waals surface area (Å²) in [6.45, 7) is 8.46. The lowest BCUT2D eigenvalue weighted by atomic mass is 9.77. The molecule has 4 nitrogen and oxygen atoms in total. The molecule has 4 heteroatoms. The fourth-order valence-corrected chi connectivity index (χ4v) is 3.51. The molecule has 1 aliphatic carbocycles. The van der Waals surface area contributed by atoms with Crippen molar-refractivity contribution in [2.75, 3.05) is 13.2 Å². The topological polar surface area (TPSA) is 44.8 Å². The zero-order chi connectivity index (χ0) is 13.9. The van der Waals surface area contributed by atoms with Gasteiger partial charge >= 0.3 is 5.97 Å². The second kappa shape index (κ2) is 5.63. The van der Waals surface area contributed by atoms with Crippen molar-refractivity contribution in [2.45, 2.75) is 57.8 Å². The molecule has 0 N–H and O–H groups in total. The number of esters is 1. The van der Waals surface area contributed by atoms with Gasteiger partial charge in [-0.25, -0.2) is 4.79 Å². The van der Waals surface area contributed by atoms with Crippen molar-refractivity contribution in [3.05, 3.63) is 12.7 Å². The molecule has 0 aromatic rings. The van der Waals surface area contributed by atoms with Crippen LogP contribution in [0.5, 0.6) is 0 Å². The van der Waals surface area contributed by atoms with E-state index in [0.717, 1.165) is 32.1 Å². The highest BCUT2D eigenvalue weighted by Crippen LogP contribution is 2.58. The van der Waals surface area contributed by atoms with E-state index in [2.05, 4.69) is 6.58 Å². The Morgan fingerprint density at radius 1 is 1.47 bits per heavy atom. The van der Waals surface area contributed by atoms with Crippen molar-refractivity contribution < 1.29 is 19.0 Å². The summed E-state index contributed by atoms with van der Waals surface area (Å²) in [5.74, 6) is -0.931. The molecule has 3 atom stereocenters. The SMILES string of the molecule is C=CCC12CCCC1(O[C@@H](C)C(=O)OCC)OCC2.